The molecular weight excluding hydrogens is 649 g/mol. The van der Waals surface area contributed by atoms with Crippen molar-refractivity contribution in [2.75, 3.05) is 22.3 Å². The van der Waals surface area contributed by atoms with E-state index in [0.717, 1.165) is 32.8 Å². The molecular formula is C27H23Cl2N9O2S3. The molecule has 2 aromatic heterocycles. The second-order valence-corrected chi connectivity index (χ2v) is 12.6. The first-order valence-electron chi connectivity index (χ1n) is 12.5. The quantitative estimate of drug-likeness (QED) is 0.0435. The minimum absolute atomic E-state index is 0.0432. The van der Waals surface area contributed by atoms with E-state index in [9.17, 15) is 4.79 Å². The summed E-state index contributed by atoms with van der Waals surface area (Å²) in [6.45, 7) is 0.312. The number of benzene rings is 3. The summed E-state index contributed by atoms with van der Waals surface area (Å²) in [7, 11) is 0. The van der Waals surface area contributed by atoms with Crippen molar-refractivity contribution in [3.63, 3.8) is 0 Å². The van der Waals surface area contributed by atoms with Crippen LogP contribution in [0.5, 0.6) is 5.75 Å². The zero-order valence-corrected chi connectivity index (χ0v) is 26.1. The van der Waals surface area contributed by atoms with Gasteiger partial charge in [-0.15, -0.1) is 20.4 Å². The van der Waals surface area contributed by atoms with E-state index in [1.165, 1.54) is 27.8 Å². The van der Waals surface area contributed by atoms with Gasteiger partial charge in [0.15, 0.2) is 4.34 Å². The number of aromatic nitrogens is 5. The molecule has 43 heavy (non-hydrogen) atoms. The van der Waals surface area contributed by atoms with Crippen molar-refractivity contribution < 1.29 is 9.53 Å². The normalized spacial score (nSPS) is 11.1. The van der Waals surface area contributed by atoms with Gasteiger partial charge < -0.3 is 10.6 Å². The van der Waals surface area contributed by atoms with Crippen LogP contribution < -0.4 is 21.3 Å². The molecule has 11 nitrogen and oxygen atoms in total. The molecule has 220 valence electrons. The molecule has 0 aliphatic rings. The first-order valence-corrected chi connectivity index (χ1v) is 16.1. The molecule has 4 N–H and O–H groups in total. The van der Waals surface area contributed by atoms with Crippen LogP contribution in [0, 0.1) is 0 Å². The number of hydrazone groups is 1. The second-order valence-electron chi connectivity index (χ2n) is 8.59. The minimum atomic E-state index is -0.278. The van der Waals surface area contributed by atoms with E-state index in [2.05, 4.69) is 36.2 Å². The molecule has 0 atom stereocenters. The number of rotatable bonds is 13. The Morgan fingerprint density at radius 3 is 2.63 bits per heavy atom. The van der Waals surface area contributed by atoms with Crippen LogP contribution in [0.1, 0.15) is 16.7 Å². The van der Waals surface area contributed by atoms with Gasteiger partial charge in [0.25, 0.3) is 5.95 Å². The van der Waals surface area contributed by atoms with Gasteiger partial charge in [-0.3, -0.25) is 10.1 Å². The van der Waals surface area contributed by atoms with Gasteiger partial charge in [-0.05, 0) is 35.9 Å². The molecule has 16 heteroatoms. The highest BCUT2D eigenvalue weighted by atomic mass is 35.5. The Morgan fingerprint density at radius 2 is 1.79 bits per heavy atom. The monoisotopic (exact) mass is 671 g/mol. The summed E-state index contributed by atoms with van der Waals surface area (Å²) in [5.74, 6) is 7.41. The van der Waals surface area contributed by atoms with E-state index >= 15 is 0 Å². The van der Waals surface area contributed by atoms with Crippen molar-refractivity contribution >= 4 is 81.3 Å². The van der Waals surface area contributed by atoms with Crippen molar-refractivity contribution in [3.05, 3.63) is 99.5 Å². The number of carbonyl (C=O) groups excluding carboxylic acids is 1. The largest absolute Gasteiger partial charge is 0.488 e. The number of nitrogens with one attached hydrogen (secondary N) is 2. The SMILES string of the molecule is Nn1c(N/N=C/c2ccccc2OCc2ccccc2Cl)nnc1SCC(=O)Nc1nnc(SCc2ccc(Cl)cc2)s1. The van der Waals surface area contributed by atoms with Crippen LogP contribution in [-0.2, 0) is 17.2 Å². The number of hydrogen-bond donors (Lipinski definition) is 3. The molecule has 1 amide bonds. The fourth-order valence-electron chi connectivity index (χ4n) is 3.43. The van der Waals surface area contributed by atoms with Crippen molar-refractivity contribution in [2.24, 2.45) is 5.10 Å². The second kappa shape index (κ2) is 15.1. The van der Waals surface area contributed by atoms with Crippen LogP contribution in [0.25, 0.3) is 0 Å². The summed E-state index contributed by atoms with van der Waals surface area (Å²) in [5.41, 5.74) is 5.49. The third kappa shape index (κ3) is 8.84. The molecule has 0 fully saturated rings. The summed E-state index contributed by atoms with van der Waals surface area (Å²) in [6.07, 6.45) is 1.58. The van der Waals surface area contributed by atoms with E-state index in [1.807, 2.05) is 72.8 Å². The van der Waals surface area contributed by atoms with Gasteiger partial charge >= 0.3 is 0 Å². The number of thioether (sulfide) groups is 2. The van der Waals surface area contributed by atoms with E-state index in [0.29, 0.717) is 38.4 Å². The lowest BCUT2D eigenvalue weighted by Crippen LogP contribution is -2.16. The third-order valence-electron chi connectivity index (χ3n) is 5.55. The lowest BCUT2D eigenvalue weighted by atomic mass is 10.2. The molecule has 0 saturated heterocycles. The number of amides is 1. The van der Waals surface area contributed by atoms with Crippen LogP contribution in [0.2, 0.25) is 10.0 Å². The lowest BCUT2D eigenvalue weighted by molar-refractivity contribution is -0.113. The van der Waals surface area contributed by atoms with Crippen LogP contribution >= 0.6 is 58.1 Å². The van der Waals surface area contributed by atoms with Gasteiger partial charge in [-0.1, -0.05) is 101 Å². The number of ether oxygens (including phenoxy) is 1. The molecule has 2 heterocycles. The van der Waals surface area contributed by atoms with Crippen molar-refractivity contribution in [2.45, 2.75) is 21.9 Å². The van der Waals surface area contributed by atoms with Crippen LogP contribution in [-0.4, -0.2) is 42.9 Å². The molecule has 0 bridgehead atoms. The zero-order valence-electron chi connectivity index (χ0n) is 22.2. The Hall–Kier alpha value is -3.82. The van der Waals surface area contributed by atoms with Gasteiger partial charge in [-0.25, -0.2) is 10.1 Å². The van der Waals surface area contributed by atoms with Gasteiger partial charge in [0, 0.05) is 26.9 Å². The number of hydrogen-bond acceptors (Lipinski definition) is 12. The molecule has 0 saturated carbocycles. The maximum absolute atomic E-state index is 12.5. The standard InChI is InChI=1S/C27H23Cl2N9O2S3/c28-20-11-9-17(10-12-20)15-42-27-37-35-25(43-27)32-23(39)16-41-26-36-34-24(38(26)30)33-31-13-18-5-2-4-8-22(18)40-14-19-6-1-3-7-21(19)29/h1-13H,14-16,30H2,(H,33,34)(H,32,35,39)/b31-13+. The molecule has 5 aromatic rings. The number of para-hydroxylation sites is 1. The van der Waals surface area contributed by atoms with E-state index < -0.39 is 0 Å². The van der Waals surface area contributed by atoms with Crippen molar-refractivity contribution in [3.8, 4) is 5.75 Å². The van der Waals surface area contributed by atoms with Crippen LogP contribution in [0.3, 0.4) is 0 Å². The maximum Gasteiger partial charge on any atom is 0.264 e. The summed E-state index contributed by atoms with van der Waals surface area (Å²) < 4.78 is 7.91. The van der Waals surface area contributed by atoms with Gasteiger partial charge in [0.2, 0.25) is 16.2 Å². The summed E-state index contributed by atoms with van der Waals surface area (Å²) >= 11 is 16.1. The topological polar surface area (TPSA) is 145 Å². The van der Waals surface area contributed by atoms with Gasteiger partial charge in [-0.2, -0.15) is 5.10 Å². The van der Waals surface area contributed by atoms with Gasteiger partial charge in [0.1, 0.15) is 12.4 Å². The number of nitrogens with zero attached hydrogens (tertiary/aromatic N) is 6. The van der Waals surface area contributed by atoms with Crippen LogP contribution in [0.4, 0.5) is 11.1 Å². The van der Waals surface area contributed by atoms with E-state index in [4.69, 9.17) is 33.8 Å². The molecule has 0 aliphatic heterocycles. The van der Waals surface area contributed by atoms with Crippen LogP contribution in [0.15, 0.2) is 87.4 Å². The van der Waals surface area contributed by atoms with Crippen molar-refractivity contribution in [1.29, 1.82) is 0 Å². The summed E-state index contributed by atoms with van der Waals surface area (Å²) in [4.78, 5) is 12.5. The fourth-order valence-corrected chi connectivity index (χ4v) is 6.13. The molecule has 3 aromatic carbocycles. The average Bonchev–Trinajstić information content (AvgIpc) is 3.61. The Morgan fingerprint density at radius 1 is 1.00 bits per heavy atom. The Bertz CT molecular complexity index is 1710. The highest BCUT2D eigenvalue weighted by molar-refractivity contribution is 8.00. The highest BCUT2D eigenvalue weighted by Crippen LogP contribution is 2.29. The minimum Gasteiger partial charge on any atom is -0.488 e. The highest BCUT2D eigenvalue weighted by Gasteiger charge is 2.14. The smallest absolute Gasteiger partial charge is 0.264 e. The third-order valence-corrected chi connectivity index (χ3v) is 9.16. The van der Waals surface area contributed by atoms with E-state index in [1.54, 1.807) is 6.21 Å². The molecule has 0 radical (unpaired) electrons. The average molecular weight is 673 g/mol. The number of halogens is 2. The van der Waals surface area contributed by atoms with E-state index in [-0.39, 0.29) is 17.6 Å². The Labute approximate surface area is 269 Å². The predicted molar refractivity (Wildman–Crippen MR) is 174 cm³/mol. The zero-order chi connectivity index (χ0) is 30.0. The number of nitrogens with two attached hydrogens (primary N) is 1. The Kier molecular flexibility index (Phi) is 10.7. The first-order chi connectivity index (χ1) is 20.9. The van der Waals surface area contributed by atoms with Crippen molar-refractivity contribution in [1.82, 2.24) is 25.1 Å². The summed E-state index contributed by atoms with van der Waals surface area (Å²) in [5, 5.41) is 25.2. The Balaban J connectivity index is 1.09. The number of carbonyl (C=O) groups is 1. The molecule has 0 aliphatic carbocycles. The molecule has 0 spiro atoms. The lowest BCUT2D eigenvalue weighted by Gasteiger charge is -2.10. The first kappa shape index (κ1) is 30.6. The molecule has 5 rings (SSSR count). The maximum atomic E-state index is 12.5. The number of anilines is 2. The fraction of sp³-hybridized carbons (Fsp3) is 0.111. The summed E-state index contributed by atoms with van der Waals surface area (Å²) in [6, 6.07) is 22.5. The predicted octanol–water partition coefficient (Wildman–Crippen LogP) is 6.20. The molecule has 0 unspecified atom stereocenters. The van der Waals surface area contributed by atoms with Gasteiger partial charge in [0.05, 0.1) is 12.0 Å². The number of nitrogen functional groups attached to an aromatic ring is 1.